The van der Waals surface area contributed by atoms with Gasteiger partial charge in [-0.3, -0.25) is 0 Å². The van der Waals surface area contributed by atoms with E-state index in [9.17, 15) is 0 Å². The summed E-state index contributed by atoms with van der Waals surface area (Å²) in [6, 6.07) is 0.297. The number of oxazole rings is 1. The van der Waals surface area contributed by atoms with Gasteiger partial charge in [0.15, 0.2) is 0 Å². The molecule has 0 aliphatic carbocycles. The molecule has 14 heavy (non-hydrogen) atoms. The highest BCUT2D eigenvalue weighted by Crippen LogP contribution is 2.28. The van der Waals surface area contributed by atoms with Gasteiger partial charge in [0.05, 0.1) is 5.69 Å². The molecule has 1 saturated heterocycles. The first kappa shape index (κ1) is 9.52. The summed E-state index contributed by atoms with van der Waals surface area (Å²) >= 11 is 0. The molecule has 78 valence electrons. The molecule has 1 fully saturated rings. The molecule has 4 heteroatoms. The van der Waals surface area contributed by atoms with E-state index < -0.39 is 0 Å². The van der Waals surface area contributed by atoms with Gasteiger partial charge in [-0.1, -0.05) is 0 Å². The van der Waals surface area contributed by atoms with Gasteiger partial charge in [-0.2, -0.15) is 4.98 Å². The number of rotatable bonds is 1. The second-order valence-electron chi connectivity index (χ2n) is 4.09. The molecule has 0 radical (unpaired) electrons. The zero-order chi connectivity index (χ0) is 10.1. The smallest absolute Gasteiger partial charge is 0.292 e. The van der Waals surface area contributed by atoms with Crippen LogP contribution in [0.1, 0.15) is 30.2 Å². The Morgan fingerprint density at radius 3 is 2.93 bits per heavy atom. The van der Waals surface area contributed by atoms with E-state index in [0.29, 0.717) is 11.9 Å². The van der Waals surface area contributed by atoms with Crippen LogP contribution in [0.2, 0.25) is 0 Å². The van der Waals surface area contributed by atoms with Gasteiger partial charge in [-0.15, -0.1) is 0 Å². The summed E-state index contributed by atoms with van der Waals surface area (Å²) in [6.45, 7) is 4.18. The first-order valence-electron chi connectivity index (χ1n) is 5.08. The van der Waals surface area contributed by atoms with E-state index in [4.69, 9.17) is 10.2 Å². The Morgan fingerprint density at radius 2 is 2.36 bits per heavy atom. The number of hydrogen-bond donors (Lipinski definition) is 1. The molecule has 0 aromatic carbocycles. The maximum absolute atomic E-state index is 5.53. The van der Waals surface area contributed by atoms with Gasteiger partial charge in [-0.05, 0) is 33.4 Å². The number of aromatic nitrogens is 1. The van der Waals surface area contributed by atoms with Crippen molar-refractivity contribution in [1.82, 2.24) is 9.88 Å². The number of nitrogens with two attached hydrogens (primary N) is 1. The van der Waals surface area contributed by atoms with Gasteiger partial charge >= 0.3 is 0 Å². The van der Waals surface area contributed by atoms with Crippen LogP contribution in [0.5, 0.6) is 0 Å². The molecule has 1 unspecified atom stereocenters. The number of aryl methyl sites for hydroxylation is 1. The van der Waals surface area contributed by atoms with Crippen LogP contribution in [0.3, 0.4) is 0 Å². The standard InChI is InChI=1S/C10H17N3O/c1-7-9(12-10(11)14-7)8-4-3-5-13(2)6-8/h8H,3-6H2,1-2H3,(H2,11,12). The van der Waals surface area contributed by atoms with Crippen LogP contribution in [0.4, 0.5) is 6.01 Å². The van der Waals surface area contributed by atoms with Crippen molar-refractivity contribution in [1.29, 1.82) is 0 Å². The highest BCUT2D eigenvalue weighted by molar-refractivity contribution is 5.23. The van der Waals surface area contributed by atoms with E-state index in [1.807, 2.05) is 6.92 Å². The van der Waals surface area contributed by atoms with Gasteiger partial charge in [-0.25, -0.2) is 0 Å². The number of anilines is 1. The summed E-state index contributed by atoms with van der Waals surface area (Å²) < 4.78 is 5.25. The second kappa shape index (κ2) is 3.61. The normalized spacial score (nSPS) is 24.0. The highest BCUT2D eigenvalue weighted by atomic mass is 16.4. The largest absolute Gasteiger partial charge is 0.429 e. The van der Waals surface area contributed by atoms with Gasteiger partial charge in [0.2, 0.25) is 0 Å². The lowest BCUT2D eigenvalue weighted by molar-refractivity contribution is 0.247. The Labute approximate surface area is 84.1 Å². The third kappa shape index (κ3) is 1.75. The van der Waals surface area contributed by atoms with Crippen molar-refractivity contribution in [2.75, 3.05) is 25.9 Å². The van der Waals surface area contributed by atoms with Crippen molar-refractivity contribution in [2.45, 2.75) is 25.7 Å². The van der Waals surface area contributed by atoms with Crippen molar-refractivity contribution in [3.05, 3.63) is 11.5 Å². The molecule has 1 atom stereocenters. The number of nitrogens with zero attached hydrogens (tertiary/aromatic N) is 2. The first-order chi connectivity index (χ1) is 6.66. The molecule has 1 aromatic heterocycles. The first-order valence-corrected chi connectivity index (χ1v) is 5.08. The van der Waals surface area contributed by atoms with Crippen LogP contribution >= 0.6 is 0 Å². The van der Waals surface area contributed by atoms with Crippen LogP contribution in [0.25, 0.3) is 0 Å². The third-order valence-corrected chi connectivity index (χ3v) is 2.86. The second-order valence-corrected chi connectivity index (χ2v) is 4.09. The van der Waals surface area contributed by atoms with Crippen molar-refractivity contribution in [3.63, 3.8) is 0 Å². The number of nitrogen functional groups attached to an aromatic ring is 1. The average molecular weight is 195 g/mol. The van der Waals surface area contributed by atoms with Gasteiger partial charge < -0.3 is 15.1 Å². The quantitative estimate of drug-likeness (QED) is 0.735. The molecule has 1 aliphatic rings. The van der Waals surface area contributed by atoms with E-state index in [1.165, 1.54) is 19.4 Å². The molecule has 0 saturated carbocycles. The Hall–Kier alpha value is -1.03. The molecule has 2 N–H and O–H groups in total. The predicted molar refractivity (Wildman–Crippen MR) is 55.1 cm³/mol. The fourth-order valence-corrected chi connectivity index (χ4v) is 2.20. The van der Waals surface area contributed by atoms with E-state index in [2.05, 4.69) is 16.9 Å². The zero-order valence-corrected chi connectivity index (χ0v) is 8.79. The van der Waals surface area contributed by atoms with E-state index >= 15 is 0 Å². The summed E-state index contributed by atoms with van der Waals surface area (Å²) in [5.74, 6) is 1.37. The van der Waals surface area contributed by atoms with Crippen LogP contribution in [-0.2, 0) is 0 Å². The van der Waals surface area contributed by atoms with Crippen LogP contribution in [0, 0.1) is 6.92 Å². The molecule has 0 amide bonds. The van der Waals surface area contributed by atoms with Gasteiger partial charge in [0, 0.05) is 12.5 Å². The topological polar surface area (TPSA) is 55.3 Å². The maximum Gasteiger partial charge on any atom is 0.292 e. The number of likely N-dealkylation sites (N-methyl/N-ethyl adjacent to an activating group) is 1. The molecule has 4 nitrogen and oxygen atoms in total. The van der Waals surface area contributed by atoms with E-state index in [1.54, 1.807) is 0 Å². The summed E-state index contributed by atoms with van der Waals surface area (Å²) in [7, 11) is 2.14. The summed E-state index contributed by atoms with van der Waals surface area (Å²) in [4.78, 5) is 6.58. The molecular formula is C10H17N3O. The fraction of sp³-hybridized carbons (Fsp3) is 0.700. The summed E-state index contributed by atoms with van der Waals surface area (Å²) in [6.07, 6.45) is 2.42. The lowest BCUT2D eigenvalue weighted by atomic mass is 9.94. The SMILES string of the molecule is Cc1oc(N)nc1C1CCCN(C)C1. The molecule has 0 bridgehead atoms. The molecule has 0 spiro atoms. The minimum Gasteiger partial charge on any atom is -0.429 e. The van der Waals surface area contributed by atoms with Crippen LogP contribution in [0.15, 0.2) is 4.42 Å². The molecule has 2 heterocycles. The summed E-state index contributed by atoms with van der Waals surface area (Å²) in [5.41, 5.74) is 6.58. The average Bonchev–Trinajstić information content (AvgIpc) is 2.45. The minimum absolute atomic E-state index is 0.297. The lowest BCUT2D eigenvalue weighted by Gasteiger charge is -2.28. The van der Waals surface area contributed by atoms with Crippen LogP contribution < -0.4 is 5.73 Å². The van der Waals surface area contributed by atoms with Crippen molar-refractivity contribution in [3.8, 4) is 0 Å². The Bertz CT molecular complexity index is 321. The Kier molecular flexibility index (Phi) is 2.46. The van der Waals surface area contributed by atoms with Crippen molar-refractivity contribution in [2.24, 2.45) is 0 Å². The van der Waals surface area contributed by atoms with E-state index in [-0.39, 0.29) is 0 Å². The predicted octanol–water partition coefficient (Wildman–Crippen LogP) is 1.37. The fourth-order valence-electron chi connectivity index (χ4n) is 2.20. The third-order valence-electron chi connectivity index (χ3n) is 2.86. The molecule has 1 aromatic rings. The number of piperidine rings is 1. The number of hydrogen-bond acceptors (Lipinski definition) is 4. The summed E-state index contributed by atoms with van der Waals surface area (Å²) in [5, 5.41) is 0. The monoisotopic (exact) mass is 195 g/mol. The van der Waals surface area contributed by atoms with E-state index in [0.717, 1.165) is 18.0 Å². The lowest BCUT2D eigenvalue weighted by Crippen LogP contribution is -2.31. The van der Waals surface area contributed by atoms with Gasteiger partial charge in [0.1, 0.15) is 5.76 Å². The minimum atomic E-state index is 0.297. The molecule has 2 rings (SSSR count). The van der Waals surface area contributed by atoms with Gasteiger partial charge in [0.25, 0.3) is 6.01 Å². The van der Waals surface area contributed by atoms with Crippen LogP contribution in [-0.4, -0.2) is 30.0 Å². The van der Waals surface area contributed by atoms with Crippen molar-refractivity contribution < 1.29 is 4.42 Å². The Morgan fingerprint density at radius 1 is 1.57 bits per heavy atom. The number of likely N-dealkylation sites (tertiary alicyclic amines) is 1. The van der Waals surface area contributed by atoms with Crippen molar-refractivity contribution >= 4 is 6.01 Å². The highest BCUT2D eigenvalue weighted by Gasteiger charge is 2.23. The molecular weight excluding hydrogens is 178 g/mol. The zero-order valence-electron chi connectivity index (χ0n) is 8.79. The maximum atomic E-state index is 5.53. The Balaban J connectivity index is 2.17. The molecule has 1 aliphatic heterocycles.